The predicted octanol–water partition coefficient (Wildman–Crippen LogP) is -7.57. The third-order valence-corrected chi connectivity index (χ3v) is 16.2. The fourth-order valence-electron chi connectivity index (χ4n) is 10.1. The molecule has 18 atom stereocenters. The van der Waals surface area contributed by atoms with Gasteiger partial charge in [0.2, 0.25) is 53.2 Å². The van der Waals surface area contributed by atoms with Gasteiger partial charge in [0.05, 0.1) is 85.9 Å². The molecule has 0 aromatic rings. The number of unbranched alkanes of at least 4 members (excludes halogenated alkanes) is 3. The molecule has 3 saturated heterocycles. The van der Waals surface area contributed by atoms with Crippen molar-refractivity contribution in [2.75, 3.05) is 119 Å². The lowest BCUT2D eigenvalue weighted by atomic mass is 9.97. The van der Waals surface area contributed by atoms with Crippen molar-refractivity contribution in [3.05, 3.63) is 0 Å². The van der Waals surface area contributed by atoms with E-state index in [0.29, 0.717) is 32.2 Å². The number of aliphatic hydroxyl groups excluding tert-OH is 9. The molecule has 101 heavy (non-hydrogen) atoms. The molecule has 40 nitrogen and oxygen atoms in total. The Morgan fingerprint density at radius 1 is 0.416 bits per heavy atom. The number of carbonyl (C=O) groups excluding carboxylic acids is 9. The predicted molar refractivity (Wildman–Crippen MR) is 347 cm³/mol. The highest BCUT2D eigenvalue weighted by Crippen LogP contribution is 2.42. The summed E-state index contributed by atoms with van der Waals surface area (Å²) in [7, 11) is -3.02. The molecule has 0 aliphatic carbocycles. The van der Waals surface area contributed by atoms with Crippen LogP contribution in [-0.4, -0.2) is 327 Å². The van der Waals surface area contributed by atoms with Crippen LogP contribution in [0.5, 0.6) is 0 Å². The third kappa shape index (κ3) is 36.3. The maximum atomic E-state index is 13.8. The first kappa shape index (κ1) is 91.7. The minimum atomic E-state index is -4.07. The van der Waals surface area contributed by atoms with Gasteiger partial charge in [-0.05, 0) is 32.1 Å². The van der Waals surface area contributed by atoms with Crippen LogP contribution in [0.4, 0.5) is 0 Å². The van der Waals surface area contributed by atoms with E-state index in [0.717, 1.165) is 7.11 Å². The average molecular weight is 1480 g/mol. The summed E-state index contributed by atoms with van der Waals surface area (Å²) >= 11 is 0. The molecule has 586 valence electrons. The van der Waals surface area contributed by atoms with Crippen LogP contribution in [0.2, 0.25) is 0 Å². The Morgan fingerprint density at radius 3 is 1.13 bits per heavy atom. The highest BCUT2D eigenvalue weighted by Gasteiger charge is 2.48. The van der Waals surface area contributed by atoms with Crippen LogP contribution in [0, 0.1) is 0 Å². The summed E-state index contributed by atoms with van der Waals surface area (Å²) in [5.74, 6) is -5.57. The van der Waals surface area contributed by atoms with Crippen molar-refractivity contribution >= 4 is 61.0 Å². The highest BCUT2D eigenvalue weighted by molar-refractivity contribution is 7.47. The molecule has 3 aliphatic rings. The number of hydrogen-bond donors (Lipinski definition) is 19. The lowest BCUT2D eigenvalue weighted by Crippen LogP contribution is -2.64. The van der Waals surface area contributed by atoms with Gasteiger partial charge in [-0.15, -0.1) is 0 Å². The molecule has 3 aliphatic heterocycles. The number of rotatable bonds is 50. The van der Waals surface area contributed by atoms with Crippen LogP contribution in [0.25, 0.3) is 0 Å². The molecule has 3 rings (SSSR count). The summed E-state index contributed by atoms with van der Waals surface area (Å²) in [6, 6.07) is -6.34. The molecule has 19 N–H and O–H groups in total. The van der Waals surface area contributed by atoms with Crippen molar-refractivity contribution in [1.82, 2.24) is 47.9 Å². The molecule has 3 heterocycles. The van der Waals surface area contributed by atoms with E-state index in [4.69, 9.17) is 47.2 Å². The van der Waals surface area contributed by atoms with E-state index < -0.39 is 185 Å². The zero-order valence-corrected chi connectivity index (χ0v) is 59.0. The highest BCUT2D eigenvalue weighted by atomic mass is 31.2. The smallest absolute Gasteiger partial charge is 0.394 e. The minimum absolute atomic E-state index is 0.00947. The Balaban J connectivity index is 0.0000172. The fraction of sp³-hybridized carbons (Fsp3) is 0.850. The summed E-state index contributed by atoms with van der Waals surface area (Å²) in [5.41, 5.74) is 0. The van der Waals surface area contributed by atoms with Crippen molar-refractivity contribution in [2.45, 2.75) is 209 Å². The van der Waals surface area contributed by atoms with Gasteiger partial charge in [-0.1, -0.05) is 26.7 Å². The SMILES string of the molecule is CC.COP(=O)(O)OCCCCCCNC(=O)CCCC(=O)N[C@@H](CCC(=O)N[C@@H](CCC(=O)NCCOCCOC1OC(CO)C(O)C(O)C1NC(C)=O)C(=O)NCCOCCOC1OC(CO)C(O)C(O)C1NC(C)=O)C(=O)NCCOCCOC1OC(CO)C(O)C(O)C1NC(C)=O. The molecule has 9 amide bonds. The summed E-state index contributed by atoms with van der Waals surface area (Å²) in [6.07, 6.45) is -16.0. The second-order valence-corrected chi connectivity index (χ2v) is 24.7. The number of phosphoric acid groups is 1. The maximum absolute atomic E-state index is 13.8. The van der Waals surface area contributed by atoms with Crippen molar-refractivity contribution in [3.8, 4) is 0 Å². The largest absolute Gasteiger partial charge is 0.471 e. The normalized spacial score (nSPS) is 26.0. The monoisotopic (exact) mass is 1480 g/mol. The van der Waals surface area contributed by atoms with Gasteiger partial charge in [0.15, 0.2) is 18.9 Å². The number of phosphoric ester groups is 1. The van der Waals surface area contributed by atoms with Crippen molar-refractivity contribution in [3.63, 3.8) is 0 Å². The van der Waals surface area contributed by atoms with E-state index in [1.54, 1.807) is 0 Å². The molecular weight excluding hydrogens is 1370 g/mol. The van der Waals surface area contributed by atoms with Crippen LogP contribution in [0.1, 0.15) is 105 Å². The molecule has 0 saturated carbocycles. The number of amides is 9. The molecule has 0 aromatic heterocycles. The number of hydrogen-bond acceptors (Lipinski definition) is 30. The zero-order chi connectivity index (χ0) is 75.5. The van der Waals surface area contributed by atoms with Gasteiger partial charge < -0.3 is 141 Å². The Bertz CT molecular complexity index is 2490. The van der Waals surface area contributed by atoms with Crippen molar-refractivity contribution < 1.29 is 150 Å². The molecule has 0 radical (unpaired) electrons. The van der Waals surface area contributed by atoms with E-state index in [1.807, 2.05) is 13.8 Å². The molecule has 41 heteroatoms. The standard InChI is InChI=1S/C58H104N9O31P.C2H6/c1-33(71)63-45-51(81)48(78)38(30-68)96-56(45)92-27-24-89-21-17-60-42(75)14-12-36(54(84)61-18-22-90-25-28-93-57-46(64-34(2)72)52(82)49(79)39(31-69)97-57)67-44(77)15-13-37(66-43(76)11-9-10-41(74)59-16-7-5-6-8-20-95-99(86,87)88-4)55(85)62-19-23-91-26-29-94-58-47(65-35(3)73)53(83)50(80)40(32-70)98-58;1-2/h36-40,45-53,56-58,68-70,78-83H,5-32H2,1-4H3,(H,59,74)(H,60,75)(H,61,84)(H,62,85)(H,63,71)(H,64,72)(H,65,73)(H,66,76)(H,67,77)(H,86,87);1-2H3/t36-,37-,38?,39?,40?,45?,46?,47?,48?,49?,50?,51?,52?,53?,56?,57?,58?;/m0./s1. The first-order chi connectivity index (χ1) is 48.2. The summed E-state index contributed by atoms with van der Waals surface area (Å²) in [5, 5.41) is 114. The Kier molecular flexibility index (Phi) is 47.0. The number of nitrogens with one attached hydrogen (secondary N) is 9. The van der Waals surface area contributed by atoms with E-state index in [-0.39, 0.29) is 130 Å². The lowest BCUT2D eigenvalue weighted by Gasteiger charge is -2.42. The molecule has 16 unspecified atom stereocenters. The van der Waals surface area contributed by atoms with Gasteiger partial charge in [-0.2, -0.15) is 0 Å². The Morgan fingerprint density at radius 2 is 0.752 bits per heavy atom. The van der Waals surface area contributed by atoms with Crippen molar-refractivity contribution in [1.29, 1.82) is 0 Å². The Hall–Kier alpha value is -5.38. The maximum Gasteiger partial charge on any atom is 0.471 e. The van der Waals surface area contributed by atoms with Crippen LogP contribution in [-0.2, 0) is 99.4 Å². The lowest BCUT2D eigenvalue weighted by molar-refractivity contribution is -0.272. The molecule has 3 fully saturated rings. The molecule has 0 spiro atoms. The number of carbonyl (C=O) groups is 9. The fourth-order valence-corrected chi connectivity index (χ4v) is 10.5. The van der Waals surface area contributed by atoms with Gasteiger partial charge in [0, 0.05) is 79.7 Å². The average Bonchev–Trinajstić information content (AvgIpc) is 0.823. The Labute approximate surface area is 585 Å². The van der Waals surface area contributed by atoms with E-state index in [1.165, 1.54) is 20.8 Å². The van der Waals surface area contributed by atoms with Gasteiger partial charge in [0.25, 0.3) is 0 Å². The van der Waals surface area contributed by atoms with Crippen LogP contribution in [0.3, 0.4) is 0 Å². The van der Waals surface area contributed by atoms with Gasteiger partial charge >= 0.3 is 7.82 Å². The van der Waals surface area contributed by atoms with Gasteiger partial charge in [-0.3, -0.25) is 52.2 Å². The van der Waals surface area contributed by atoms with E-state index in [9.17, 15) is 98.6 Å². The second-order valence-electron chi connectivity index (χ2n) is 23.1. The number of ether oxygens (including phenoxy) is 9. The summed E-state index contributed by atoms with van der Waals surface area (Å²) < 4.78 is 70.7. The topological polar surface area (TPSA) is 583 Å². The van der Waals surface area contributed by atoms with E-state index in [2.05, 4.69) is 52.4 Å². The zero-order valence-electron chi connectivity index (χ0n) is 58.1. The van der Waals surface area contributed by atoms with Crippen LogP contribution >= 0.6 is 7.82 Å². The summed E-state index contributed by atoms with van der Waals surface area (Å²) in [6.45, 7) is 4.38. The first-order valence-electron chi connectivity index (χ1n) is 33.6. The molecule has 0 bridgehead atoms. The van der Waals surface area contributed by atoms with Crippen LogP contribution in [0.15, 0.2) is 0 Å². The number of aliphatic hydroxyl groups is 9. The summed E-state index contributed by atoms with van der Waals surface area (Å²) in [4.78, 5) is 125. The third-order valence-electron chi connectivity index (χ3n) is 15.3. The molecule has 0 aromatic carbocycles. The van der Waals surface area contributed by atoms with Gasteiger partial charge in [0.1, 0.15) is 85.1 Å². The first-order valence-corrected chi connectivity index (χ1v) is 35.1. The van der Waals surface area contributed by atoms with Crippen molar-refractivity contribution in [2.24, 2.45) is 0 Å². The molecular formula is C60H110N9O31P. The van der Waals surface area contributed by atoms with Gasteiger partial charge in [-0.25, -0.2) is 4.57 Å². The minimum Gasteiger partial charge on any atom is -0.394 e. The quantitative estimate of drug-likeness (QED) is 0.0199. The second kappa shape index (κ2) is 51.7. The van der Waals surface area contributed by atoms with Crippen LogP contribution < -0.4 is 47.9 Å². The van der Waals surface area contributed by atoms with E-state index >= 15 is 0 Å².